The van der Waals surface area contributed by atoms with Crippen LogP contribution >= 0.6 is 11.6 Å². The Morgan fingerprint density at radius 1 is 0.946 bits per heavy atom. The van der Waals surface area contributed by atoms with Crippen molar-refractivity contribution in [3.8, 4) is 11.5 Å². The minimum absolute atomic E-state index is 0.0205. The van der Waals surface area contributed by atoms with Crippen LogP contribution in [0.4, 0.5) is 0 Å². The number of halogens is 1. The Morgan fingerprint density at radius 2 is 1.62 bits per heavy atom. The van der Waals surface area contributed by atoms with Gasteiger partial charge in [0.25, 0.3) is 0 Å². The zero-order valence-electron chi connectivity index (χ0n) is 21.4. The van der Waals surface area contributed by atoms with Crippen molar-refractivity contribution in [1.29, 1.82) is 0 Å². The Bertz CT molecular complexity index is 1270. The lowest BCUT2D eigenvalue weighted by atomic mass is 9.71. The number of rotatable bonds is 6. The summed E-state index contributed by atoms with van der Waals surface area (Å²) < 4.78 is 16.8. The molecule has 1 N–H and O–H groups in total. The van der Waals surface area contributed by atoms with Crippen LogP contribution in [0.1, 0.15) is 68.4 Å². The Hall–Kier alpha value is -3.25. The summed E-state index contributed by atoms with van der Waals surface area (Å²) in [5.74, 6) is 0.433. The molecule has 5 rings (SSSR count). The molecule has 1 aliphatic heterocycles. The monoisotopic (exact) mass is 521 g/mol. The highest BCUT2D eigenvalue weighted by molar-refractivity contribution is 6.30. The van der Waals surface area contributed by atoms with Crippen molar-refractivity contribution < 1.29 is 23.8 Å². The summed E-state index contributed by atoms with van der Waals surface area (Å²) in [6, 6.07) is 13.2. The third-order valence-corrected chi connectivity index (χ3v) is 7.96. The van der Waals surface area contributed by atoms with Gasteiger partial charge in [0.05, 0.1) is 19.8 Å². The molecule has 0 saturated heterocycles. The quantitative estimate of drug-likeness (QED) is 0.456. The van der Waals surface area contributed by atoms with Crippen LogP contribution in [0, 0.1) is 0 Å². The van der Waals surface area contributed by atoms with Gasteiger partial charge >= 0.3 is 5.97 Å². The summed E-state index contributed by atoms with van der Waals surface area (Å²) in [6.07, 6.45) is 4.83. The third-order valence-electron chi connectivity index (χ3n) is 7.71. The molecule has 194 valence electrons. The van der Waals surface area contributed by atoms with Crippen molar-refractivity contribution in [2.45, 2.75) is 63.4 Å². The molecule has 2 aromatic rings. The minimum atomic E-state index is -0.499. The van der Waals surface area contributed by atoms with Gasteiger partial charge in [-0.15, -0.1) is 0 Å². The van der Waals surface area contributed by atoms with Crippen LogP contribution in [-0.2, 0) is 14.3 Å². The fourth-order valence-electron chi connectivity index (χ4n) is 5.86. The molecular weight excluding hydrogens is 490 g/mol. The molecule has 0 radical (unpaired) electrons. The fraction of sp³-hybridized carbons (Fsp3) is 0.400. The molecule has 6 nitrogen and oxygen atoms in total. The van der Waals surface area contributed by atoms with E-state index in [9.17, 15) is 9.59 Å². The van der Waals surface area contributed by atoms with Gasteiger partial charge in [-0.05, 0) is 80.3 Å². The van der Waals surface area contributed by atoms with E-state index in [1.807, 2.05) is 37.3 Å². The van der Waals surface area contributed by atoms with Crippen molar-refractivity contribution in [3.63, 3.8) is 0 Å². The number of esters is 1. The highest BCUT2D eigenvalue weighted by Crippen LogP contribution is 2.47. The van der Waals surface area contributed by atoms with E-state index in [0.717, 1.165) is 48.2 Å². The van der Waals surface area contributed by atoms with Gasteiger partial charge < -0.3 is 19.5 Å². The van der Waals surface area contributed by atoms with Gasteiger partial charge in [0, 0.05) is 34.3 Å². The summed E-state index contributed by atoms with van der Waals surface area (Å²) in [6.45, 7) is 1.89. The Labute approximate surface area is 222 Å². The fourth-order valence-corrected chi connectivity index (χ4v) is 5.99. The molecule has 7 heteroatoms. The topological polar surface area (TPSA) is 73.9 Å². The van der Waals surface area contributed by atoms with Crippen LogP contribution in [0.2, 0.25) is 5.02 Å². The summed E-state index contributed by atoms with van der Waals surface area (Å²) in [5, 5.41) is 4.03. The second kappa shape index (κ2) is 10.6. The Kier molecular flexibility index (Phi) is 7.29. The van der Waals surface area contributed by atoms with E-state index < -0.39 is 5.92 Å². The standard InChI is InChI=1S/C30H32ClNO5/c1-17-27(30(34)37-22-6-4-5-7-22)28(18-8-11-21(31)12-9-18)29-23(32-17)14-20(15-24(29)33)19-10-13-25(35-2)26(16-19)36-3/h8-13,16,20,22,28,32H,4-7,14-15H2,1-3H3/t20-,28-/m0/s1. The molecule has 0 unspecified atom stereocenters. The number of hydrogen-bond acceptors (Lipinski definition) is 6. The Balaban J connectivity index is 1.52. The normalized spacial score (nSPS) is 22.0. The molecule has 1 heterocycles. The number of ketones is 1. The van der Waals surface area contributed by atoms with E-state index in [1.165, 1.54) is 0 Å². The number of allylic oxidation sites excluding steroid dienone is 3. The molecule has 1 saturated carbocycles. The number of benzene rings is 2. The number of carbonyl (C=O) groups excluding carboxylic acids is 2. The average Bonchev–Trinajstić information content (AvgIpc) is 3.40. The number of methoxy groups -OCH3 is 2. The molecule has 1 fully saturated rings. The van der Waals surface area contributed by atoms with E-state index >= 15 is 0 Å². The lowest BCUT2D eigenvalue weighted by Gasteiger charge is -2.37. The van der Waals surface area contributed by atoms with Crippen LogP contribution in [0.15, 0.2) is 65.0 Å². The van der Waals surface area contributed by atoms with Gasteiger partial charge in [-0.2, -0.15) is 0 Å². The lowest BCUT2D eigenvalue weighted by molar-refractivity contribution is -0.144. The summed E-state index contributed by atoms with van der Waals surface area (Å²) in [7, 11) is 3.21. The second-order valence-corrected chi connectivity index (χ2v) is 10.4. The van der Waals surface area contributed by atoms with Crippen molar-refractivity contribution in [2.24, 2.45) is 0 Å². The second-order valence-electron chi connectivity index (χ2n) is 10.00. The molecule has 2 aliphatic carbocycles. The maximum Gasteiger partial charge on any atom is 0.337 e. The van der Waals surface area contributed by atoms with Crippen molar-refractivity contribution >= 4 is 23.4 Å². The third kappa shape index (κ3) is 4.99. The van der Waals surface area contributed by atoms with Crippen LogP contribution in [-0.4, -0.2) is 32.1 Å². The van der Waals surface area contributed by atoms with E-state index in [4.69, 9.17) is 25.8 Å². The largest absolute Gasteiger partial charge is 0.493 e. The summed E-state index contributed by atoms with van der Waals surface area (Å²) >= 11 is 6.18. The maximum absolute atomic E-state index is 13.8. The molecule has 0 spiro atoms. The summed E-state index contributed by atoms with van der Waals surface area (Å²) in [5.41, 5.74) is 4.59. The number of carbonyl (C=O) groups is 2. The van der Waals surface area contributed by atoms with Gasteiger partial charge in [0.2, 0.25) is 0 Å². The van der Waals surface area contributed by atoms with Crippen LogP contribution < -0.4 is 14.8 Å². The SMILES string of the molecule is COc1ccc([C@@H]2CC(=O)C3=C(C2)NC(C)=C(C(=O)OC2CCCC2)[C@@H]3c2ccc(Cl)cc2)cc1OC. The smallest absolute Gasteiger partial charge is 0.337 e. The first-order valence-corrected chi connectivity index (χ1v) is 13.2. The predicted octanol–water partition coefficient (Wildman–Crippen LogP) is 6.20. The first-order valence-electron chi connectivity index (χ1n) is 12.8. The van der Waals surface area contributed by atoms with Gasteiger partial charge in [0.1, 0.15) is 6.10 Å². The van der Waals surface area contributed by atoms with E-state index in [-0.39, 0.29) is 23.8 Å². The maximum atomic E-state index is 13.8. The van der Waals surface area contributed by atoms with Crippen LogP contribution in [0.3, 0.4) is 0 Å². The van der Waals surface area contributed by atoms with Gasteiger partial charge in [-0.25, -0.2) is 4.79 Å². The number of ether oxygens (including phenoxy) is 3. The van der Waals surface area contributed by atoms with Crippen LogP contribution in [0.5, 0.6) is 11.5 Å². The van der Waals surface area contributed by atoms with Gasteiger partial charge in [-0.1, -0.05) is 29.8 Å². The number of hydrogen-bond donors (Lipinski definition) is 1. The molecule has 0 amide bonds. The van der Waals surface area contributed by atoms with Crippen molar-refractivity contribution in [3.05, 3.63) is 81.2 Å². The number of Topliss-reactive ketones (excluding diaryl/α,β-unsaturated/α-hetero) is 1. The van der Waals surface area contributed by atoms with E-state index in [1.54, 1.807) is 26.4 Å². The molecule has 0 bridgehead atoms. The molecule has 3 aliphatic rings. The molecule has 37 heavy (non-hydrogen) atoms. The minimum Gasteiger partial charge on any atom is -0.493 e. The van der Waals surface area contributed by atoms with E-state index in [2.05, 4.69) is 5.32 Å². The number of nitrogens with one attached hydrogen (secondary N) is 1. The predicted molar refractivity (Wildman–Crippen MR) is 142 cm³/mol. The van der Waals surface area contributed by atoms with E-state index in [0.29, 0.717) is 40.5 Å². The van der Waals surface area contributed by atoms with Crippen molar-refractivity contribution in [1.82, 2.24) is 5.32 Å². The highest BCUT2D eigenvalue weighted by Gasteiger charge is 2.42. The van der Waals surface area contributed by atoms with Crippen LogP contribution in [0.25, 0.3) is 0 Å². The highest BCUT2D eigenvalue weighted by atomic mass is 35.5. The first kappa shape index (κ1) is 25.4. The van der Waals surface area contributed by atoms with Gasteiger partial charge in [-0.3, -0.25) is 4.79 Å². The first-order chi connectivity index (χ1) is 17.9. The molecule has 2 aromatic carbocycles. The molecular formula is C30H32ClNO5. The molecule has 0 aromatic heterocycles. The van der Waals surface area contributed by atoms with Crippen molar-refractivity contribution in [2.75, 3.05) is 14.2 Å². The Morgan fingerprint density at radius 3 is 2.30 bits per heavy atom. The zero-order valence-corrected chi connectivity index (χ0v) is 22.2. The lowest BCUT2D eigenvalue weighted by Crippen LogP contribution is -2.36. The number of dihydropyridines is 1. The summed E-state index contributed by atoms with van der Waals surface area (Å²) in [4.78, 5) is 27.3. The zero-order chi connectivity index (χ0) is 26.1. The van der Waals surface area contributed by atoms with Gasteiger partial charge in [0.15, 0.2) is 17.3 Å². The average molecular weight is 522 g/mol. The molecule has 2 atom stereocenters.